The van der Waals surface area contributed by atoms with E-state index in [-0.39, 0.29) is 23.1 Å². The first kappa shape index (κ1) is 21.5. The Balaban J connectivity index is 1.83. The van der Waals surface area contributed by atoms with Gasteiger partial charge in [-0.15, -0.1) is 0 Å². The zero-order chi connectivity index (χ0) is 22.1. The van der Waals surface area contributed by atoms with Crippen LogP contribution < -0.4 is 10.9 Å². The Morgan fingerprint density at radius 3 is 2.71 bits per heavy atom. The second-order valence-corrected chi connectivity index (χ2v) is 8.74. The third-order valence-corrected chi connectivity index (χ3v) is 6.25. The lowest BCUT2D eigenvalue weighted by atomic mass is 9.98. The maximum absolute atomic E-state index is 13.2. The number of hydrogen-bond donors (Lipinski definition) is 2. The average Bonchev–Trinajstić information content (AvgIpc) is 2.77. The van der Waals surface area contributed by atoms with Crippen molar-refractivity contribution < 1.29 is 14.6 Å². The number of carbonyl (C=O) groups is 1. The summed E-state index contributed by atoms with van der Waals surface area (Å²) in [7, 11) is 1.77. The number of carboxylic acid groups (broad SMARTS) is 1. The molecular formula is C23H24BrN3O4. The van der Waals surface area contributed by atoms with E-state index in [4.69, 9.17) is 9.72 Å². The fourth-order valence-electron chi connectivity index (χ4n) is 4.14. The van der Waals surface area contributed by atoms with E-state index in [1.807, 2.05) is 13.0 Å². The van der Waals surface area contributed by atoms with Crippen molar-refractivity contribution in [3.63, 3.8) is 0 Å². The number of para-hydroxylation sites is 1. The lowest BCUT2D eigenvalue weighted by molar-refractivity contribution is 0.0698. The van der Waals surface area contributed by atoms with Crippen LogP contribution in [0.5, 0.6) is 0 Å². The number of nitrogens with one attached hydrogen (secondary N) is 1. The Hall–Kier alpha value is -2.71. The second kappa shape index (κ2) is 8.80. The van der Waals surface area contributed by atoms with Crippen molar-refractivity contribution in [2.75, 3.05) is 18.5 Å². The number of carboxylic acids is 1. The number of ether oxygens (including phenoxy) is 1. The number of hydrogen-bond acceptors (Lipinski definition) is 5. The summed E-state index contributed by atoms with van der Waals surface area (Å²) in [6, 6.07) is 10.2. The highest BCUT2D eigenvalue weighted by Crippen LogP contribution is 2.31. The summed E-state index contributed by atoms with van der Waals surface area (Å²) >= 11 is 3.51. The van der Waals surface area contributed by atoms with Crippen LogP contribution in [0.25, 0.3) is 10.9 Å². The van der Waals surface area contributed by atoms with Crippen LogP contribution in [-0.4, -0.2) is 33.8 Å². The Kier molecular flexibility index (Phi) is 6.11. The third kappa shape index (κ3) is 4.22. The van der Waals surface area contributed by atoms with Gasteiger partial charge in [0.05, 0.1) is 22.5 Å². The van der Waals surface area contributed by atoms with Crippen molar-refractivity contribution in [2.45, 2.75) is 31.7 Å². The summed E-state index contributed by atoms with van der Waals surface area (Å²) in [5.74, 6) is -0.0611. The van der Waals surface area contributed by atoms with E-state index in [0.717, 1.165) is 28.7 Å². The monoisotopic (exact) mass is 485 g/mol. The smallest absolute Gasteiger partial charge is 0.337 e. The van der Waals surface area contributed by atoms with E-state index < -0.39 is 5.97 Å². The Morgan fingerprint density at radius 1 is 1.29 bits per heavy atom. The first-order chi connectivity index (χ1) is 14.9. The van der Waals surface area contributed by atoms with E-state index in [1.54, 1.807) is 41.9 Å². The van der Waals surface area contributed by atoms with Crippen LogP contribution in [0, 0.1) is 0 Å². The number of fused-ring (bicyclic) bond motifs is 1. The van der Waals surface area contributed by atoms with Gasteiger partial charge in [-0.25, -0.2) is 9.78 Å². The molecular weight excluding hydrogens is 462 g/mol. The van der Waals surface area contributed by atoms with Gasteiger partial charge in [0.25, 0.3) is 5.56 Å². The van der Waals surface area contributed by atoms with Crippen LogP contribution in [0.2, 0.25) is 0 Å². The number of rotatable bonds is 5. The van der Waals surface area contributed by atoms with E-state index in [0.29, 0.717) is 29.8 Å². The van der Waals surface area contributed by atoms with E-state index >= 15 is 0 Å². The number of benzene rings is 2. The van der Waals surface area contributed by atoms with Crippen molar-refractivity contribution >= 4 is 38.5 Å². The van der Waals surface area contributed by atoms with Crippen molar-refractivity contribution in [1.82, 2.24) is 9.55 Å². The summed E-state index contributed by atoms with van der Waals surface area (Å²) in [4.78, 5) is 29.7. The summed E-state index contributed by atoms with van der Waals surface area (Å²) in [5, 5.41) is 13.3. The topological polar surface area (TPSA) is 93.5 Å². The van der Waals surface area contributed by atoms with Gasteiger partial charge in [-0.05, 0) is 44.0 Å². The number of aromatic carboxylic acids is 1. The Labute approximate surface area is 188 Å². The quantitative estimate of drug-likeness (QED) is 0.553. The molecule has 2 N–H and O–H groups in total. The molecule has 1 aromatic heterocycles. The van der Waals surface area contributed by atoms with Crippen LogP contribution in [-0.2, 0) is 11.8 Å². The van der Waals surface area contributed by atoms with Gasteiger partial charge in [-0.3, -0.25) is 9.36 Å². The first-order valence-corrected chi connectivity index (χ1v) is 11.0. The standard InChI is InChI=1S/C23H24BrN3O4/c1-13(25-19-6-4-3-5-16(19)23(29)30)17-11-15(24)12-18-20(17)26-21(27(2)22(18)28)14-7-9-31-10-8-14/h3-6,11-14,25H,7-10H2,1-2H3,(H,29,30)/t13-/m1/s1. The van der Waals surface area contributed by atoms with Crippen molar-refractivity contribution in [3.05, 3.63) is 68.2 Å². The van der Waals surface area contributed by atoms with E-state index in [1.165, 1.54) is 0 Å². The molecule has 7 nitrogen and oxygen atoms in total. The minimum Gasteiger partial charge on any atom is -0.478 e. The fraction of sp³-hybridized carbons (Fsp3) is 0.348. The average molecular weight is 486 g/mol. The zero-order valence-electron chi connectivity index (χ0n) is 17.4. The van der Waals surface area contributed by atoms with Crippen molar-refractivity contribution in [3.8, 4) is 0 Å². The molecule has 1 atom stereocenters. The number of anilines is 1. The molecule has 2 heterocycles. The van der Waals surface area contributed by atoms with Gasteiger partial charge in [0.1, 0.15) is 5.82 Å². The van der Waals surface area contributed by atoms with Crippen LogP contribution >= 0.6 is 15.9 Å². The normalized spacial score (nSPS) is 15.7. The SMILES string of the molecule is C[C@@H](Nc1ccccc1C(=O)O)c1cc(Br)cc2c(=O)n(C)c(C3CCOCC3)nc12. The van der Waals surface area contributed by atoms with Gasteiger partial charge < -0.3 is 15.2 Å². The number of nitrogens with zero attached hydrogens (tertiary/aromatic N) is 2. The van der Waals surface area contributed by atoms with Crippen LogP contribution in [0.15, 0.2) is 45.7 Å². The van der Waals surface area contributed by atoms with Gasteiger partial charge >= 0.3 is 5.97 Å². The Bertz CT molecular complexity index is 1200. The second-order valence-electron chi connectivity index (χ2n) is 7.83. The lowest BCUT2D eigenvalue weighted by Crippen LogP contribution is -2.27. The Morgan fingerprint density at radius 2 is 2.00 bits per heavy atom. The highest BCUT2D eigenvalue weighted by atomic mass is 79.9. The molecule has 0 saturated carbocycles. The molecule has 0 aliphatic carbocycles. The molecule has 1 aliphatic heterocycles. The van der Waals surface area contributed by atoms with Crippen molar-refractivity contribution in [1.29, 1.82) is 0 Å². The summed E-state index contributed by atoms with van der Waals surface area (Å²) < 4.78 is 7.89. The maximum Gasteiger partial charge on any atom is 0.337 e. The highest BCUT2D eigenvalue weighted by molar-refractivity contribution is 9.10. The van der Waals surface area contributed by atoms with Gasteiger partial charge in [0.15, 0.2) is 0 Å². The molecule has 0 bridgehead atoms. The summed E-state index contributed by atoms with van der Waals surface area (Å²) in [5.41, 5.74) is 2.09. The van der Waals surface area contributed by atoms with Gasteiger partial charge in [-0.2, -0.15) is 0 Å². The molecule has 0 unspecified atom stereocenters. The highest BCUT2D eigenvalue weighted by Gasteiger charge is 2.24. The van der Waals surface area contributed by atoms with E-state index in [2.05, 4.69) is 21.2 Å². The first-order valence-electron chi connectivity index (χ1n) is 10.2. The molecule has 1 aliphatic rings. The maximum atomic E-state index is 13.2. The largest absolute Gasteiger partial charge is 0.478 e. The van der Waals surface area contributed by atoms with Gasteiger partial charge in [0.2, 0.25) is 0 Å². The molecule has 4 rings (SSSR count). The molecule has 3 aromatic rings. The van der Waals surface area contributed by atoms with E-state index in [9.17, 15) is 14.7 Å². The number of aromatic nitrogens is 2. The molecule has 0 radical (unpaired) electrons. The predicted molar refractivity (Wildman–Crippen MR) is 123 cm³/mol. The molecule has 0 spiro atoms. The molecule has 1 fully saturated rings. The lowest BCUT2D eigenvalue weighted by Gasteiger charge is -2.25. The molecule has 162 valence electrons. The van der Waals surface area contributed by atoms with Crippen molar-refractivity contribution in [2.24, 2.45) is 7.05 Å². The van der Waals surface area contributed by atoms with Crippen LogP contribution in [0.4, 0.5) is 5.69 Å². The predicted octanol–water partition coefficient (Wildman–Crippen LogP) is 4.46. The molecule has 1 saturated heterocycles. The molecule has 0 amide bonds. The molecule has 31 heavy (non-hydrogen) atoms. The molecule has 2 aromatic carbocycles. The fourth-order valence-corrected chi connectivity index (χ4v) is 4.62. The van der Waals surface area contributed by atoms with Gasteiger partial charge in [0, 0.05) is 41.9 Å². The molecule has 8 heteroatoms. The van der Waals surface area contributed by atoms with Gasteiger partial charge in [-0.1, -0.05) is 28.1 Å². The summed E-state index contributed by atoms with van der Waals surface area (Å²) in [6.45, 7) is 3.26. The summed E-state index contributed by atoms with van der Waals surface area (Å²) in [6.07, 6.45) is 1.66. The van der Waals surface area contributed by atoms with Crippen LogP contribution in [0.1, 0.15) is 53.5 Å². The van der Waals surface area contributed by atoms with Crippen LogP contribution in [0.3, 0.4) is 0 Å². The zero-order valence-corrected chi connectivity index (χ0v) is 19.0. The minimum absolute atomic E-state index is 0.0906. The number of halogens is 1. The minimum atomic E-state index is -0.997. The third-order valence-electron chi connectivity index (χ3n) is 5.79.